The van der Waals surface area contributed by atoms with Gasteiger partial charge in [0.25, 0.3) is 0 Å². The van der Waals surface area contributed by atoms with Crippen molar-refractivity contribution in [2.45, 2.75) is 26.7 Å². The summed E-state index contributed by atoms with van der Waals surface area (Å²) in [7, 11) is 0. The summed E-state index contributed by atoms with van der Waals surface area (Å²) in [4.78, 5) is 0. The minimum absolute atomic E-state index is 1.09. The lowest BCUT2D eigenvalue weighted by Gasteiger charge is -2.20. The molecule has 0 radical (unpaired) electrons. The van der Waals surface area contributed by atoms with E-state index in [0.717, 1.165) is 12.1 Å². The maximum Gasteiger partial charge on any atom is 0.0396 e. The molecule has 1 N–H and O–H groups in total. The highest BCUT2D eigenvalue weighted by atomic mass is 14.9. The van der Waals surface area contributed by atoms with Crippen molar-refractivity contribution in [1.29, 1.82) is 0 Å². The minimum Gasteiger partial charge on any atom is -0.385 e. The molecule has 0 spiro atoms. The third-order valence-corrected chi connectivity index (χ3v) is 2.04. The second-order valence-corrected chi connectivity index (χ2v) is 3.21. The number of hydrogen-bond acceptors (Lipinski definition) is 1. The van der Waals surface area contributed by atoms with Crippen molar-refractivity contribution in [2.75, 3.05) is 6.54 Å². The fourth-order valence-electron chi connectivity index (χ4n) is 1.52. The summed E-state index contributed by atoms with van der Waals surface area (Å²) in [6.07, 6.45) is 6.68. The molecule has 0 atom stereocenters. The molecule has 0 fully saturated rings. The highest BCUT2D eigenvalue weighted by Crippen LogP contribution is 2.20. The van der Waals surface area contributed by atoms with Crippen molar-refractivity contribution >= 4 is 0 Å². The first kappa shape index (κ1) is 9.11. The Labute approximate surface area is 74.9 Å². The first-order chi connectivity index (χ1) is 5.75. The Hall–Kier alpha value is -0.980. The molecule has 1 rings (SSSR count). The highest BCUT2D eigenvalue weighted by molar-refractivity contribution is 5.37. The van der Waals surface area contributed by atoms with Crippen LogP contribution in [0.25, 0.3) is 0 Å². The fraction of sp³-hybridized carbons (Fsp3) is 0.455. The maximum atomic E-state index is 3.96. The molecular weight excluding hydrogens is 146 g/mol. The van der Waals surface area contributed by atoms with Crippen LogP contribution < -0.4 is 5.32 Å². The number of nitrogens with one attached hydrogen (secondary N) is 1. The summed E-state index contributed by atoms with van der Waals surface area (Å²) >= 11 is 0. The predicted octanol–water partition coefficient (Wildman–Crippen LogP) is 2.78. The van der Waals surface area contributed by atoms with Gasteiger partial charge in [0.2, 0.25) is 0 Å². The third kappa shape index (κ3) is 2.00. The van der Waals surface area contributed by atoms with Gasteiger partial charge in [0.15, 0.2) is 0 Å². The van der Waals surface area contributed by atoms with Crippen LogP contribution in [-0.2, 0) is 0 Å². The fourth-order valence-corrected chi connectivity index (χ4v) is 1.52. The van der Waals surface area contributed by atoms with Crippen LogP contribution in [0.3, 0.4) is 0 Å². The zero-order valence-electron chi connectivity index (χ0n) is 7.98. The Morgan fingerprint density at radius 2 is 2.33 bits per heavy atom. The SMILES string of the molecule is C=C(C)C1=C(/C=C\C)CCCN1. The van der Waals surface area contributed by atoms with Crippen molar-refractivity contribution in [1.82, 2.24) is 5.32 Å². The summed E-state index contributed by atoms with van der Waals surface area (Å²) in [6, 6.07) is 0. The first-order valence-electron chi connectivity index (χ1n) is 4.51. The molecule has 0 bridgehead atoms. The van der Waals surface area contributed by atoms with E-state index in [1.807, 2.05) is 0 Å². The van der Waals surface area contributed by atoms with Gasteiger partial charge < -0.3 is 5.32 Å². The van der Waals surface area contributed by atoms with Gasteiger partial charge >= 0.3 is 0 Å². The van der Waals surface area contributed by atoms with Crippen molar-refractivity contribution in [3.63, 3.8) is 0 Å². The molecular formula is C11H17N. The van der Waals surface area contributed by atoms with Crippen LogP contribution in [0.2, 0.25) is 0 Å². The van der Waals surface area contributed by atoms with E-state index in [1.54, 1.807) is 0 Å². The third-order valence-electron chi connectivity index (χ3n) is 2.04. The van der Waals surface area contributed by atoms with E-state index in [1.165, 1.54) is 24.1 Å². The van der Waals surface area contributed by atoms with Crippen molar-refractivity contribution in [3.8, 4) is 0 Å². The smallest absolute Gasteiger partial charge is 0.0396 e. The maximum absolute atomic E-state index is 3.96. The van der Waals surface area contributed by atoms with Gasteiger partial charge in [-0.3, -0.25) is 0 Å². The zero-order chi connectivity index (χ0) is 8.97. The monoisotopic (exact) mass is 163 g/mol. The lowest BCUT2D eigenvalue weighted by atomic mass is 10.00. The summed E-state index contributed by atoms with van der Waals surface area (Å²) in [5.74, 6) is 0. The van der Waals surface area contributed by atoms with E-state index < -0.39 is 0 Å². The molecule has 12 heavy (non-hydrogen) atoms. The molecule has 0 saturated carbocycles. The van der Waals surface area contributed by atoms with Gasteiger partial charge in [-0.2, -0.15) is 0 Å². The normalized spacial score (nSPS) is 18.2. The Bertz CT molecular complexity index is 233. The van der Waals surface area contributed by atoms with E-state index in [0.29, 0.717) is 0 Å². The molecule has 1 heterocycles. The minimum atomic E-state index is 1.09. The summed E-state index contributed by atoms with van der Waals surface area (Å²) in [5.41, 5.74) is 3.79. The van der Waals surface area contributed by atoms with Gasteiger partial charge in [0, 0.05) is 12.2 Å². The molecule has 1 heteroatoms. The Morgan fingerprint density at radius 1 is 1.58 bits per heavy atom. The van der Waals surface area contributed by atoms with Gasteiger partial charge in [-0.15, -0.1) is 0 Å². The van der Waals surface area contributed by atoms with Gasteiger partial charge in [-0.1, -0.05) is 18.7 Å². The average Bonchev–Trinajstić information content (AvgIpc) is 2.05. The average molecular weight is 163 g/mol. The van der Waals surface area contributed by atoms with Gasteiger partial charge in [-0.05, 0) is 37.8 Å². The molecule has 0 aromatic carbocycles. The lowest BCUT2D eigenvalue weighted by Crippen LogP contribution is -2.21. The predicted molar refractivity (Wildman–Crippen MR) is 53.9 cm³/mol. The van der Waals surface area contributed by atoms with Crippen LogP contribution in [0.15, 0.2) is 35.6 Å². The van der Waals surface area contributed by atoms with E-state index >= 15 is 0 Å². The highest BCUT2D eigenvalue weighted by Gasteiger charge is 2.09. The molecule has 1 nitrogen and oxygen atoms in total. The van der Waals surface area contributed by atoms with Crippen LogP contribution in [0.5, 0.6) is 0 Å². The standard InChI is InChI=1S/C11H17N/c1-4-6-10-7-5-8-12-11(10)9(2)3/h4,6,12H,2,5,7-8H2,1,3H3/b6-4-. The number of allylic oxidation sites excluding steroid dienone is 4. The number of hydrogen-bond donors (Lipinski definition) is 1. The van der Waals surface area contributed by atoms with Crippen LogP contribution in [0, 0.1) is 0 Å². The molecule has 0 amide bonds. The summed E-state index contributed by atoms with van der Waals surface area (Å²) < 4.78 is 0. The van der Waals surface area contributed by atoms with Crippen LogP contribution >= 0.6 is 0 Å². The summed E-state index contributed by atoms with van der Waals surface area (Å²) in [5, 5.41) is 3.38. The molecule has 1 aliphatic rings. The van der Waals surface area contributed by atoms with E-state index in [4.69, 9.17) is 0 Å². The van der Waals surface area contributed by atoms with Gasteiger partial charge in [0.1, 0.15) is 0 Å². The van der Waals surface area contributed by atoms with Gasteiger partial charge in [0.05, 0.1) is 0 Å². The molecule has 0 saturated heterocycles. The van der Waals surface area contributed by atoms with E-state index in [-0.39, 0.29) is 0 Å². The quantitative estimate of drug-likeness (QED) is 0.660. The van der Waals surface area contributed by atoms with Crippen LogP contribution in [0.4, 0.5) is 0 Å². The van der Waals surface area contributed by atoms with E-state index in [2.05, 4.69) is 37.9 Å². The zero-order valence-corrected chi connectivity index (χ0v) is 7.98. The Kier molecular flexibility index (Phi) is 3.15. The molecule has 0 aliphatic carbocycles. The van der Waals surface area contributed by atoms with Gasteiger partial charge in [-0.25, -0.2) is 0 Å². The van der Waals surface area contributed by atoms with Crippen molar-refractivity contribution < 1.29 is 0 Å². The Balaban J connectivity index is 2.90. The molecule has 0 aromatic heterocycles. The molecule has 0 aromatic rings. The van der Waals surface area contributed by atoms with Crippen LogP contribution in [-0.4, -0.2) is 6.54 Å². The van der Waals surface area contributed by atoms with Crippen molar-refractivity contribution in [2.24, 2.45) is 0 Å². The first-order valence-corrected chi connectivity index (χ1v) is 4.51. The number of rotatable bonds is 2. The second-order valence-electron chi connectivity index (χ2n) is 3.21. The van der Waals surface area contributed by atoms with E-state index in [9.17, 15) is 0 Å². The second kappa shape index (κ2) is 4.15. The summed E-state index contributed by atoms with van der Waals surface area (Å²) in [6.45, 7) is 9.15. The molecule has 1 aliphatic heterocycles. The topological polar surface area (TPSA) is 12.0 Å². The molecule has 66 valence electrons. The largest absolute Gasteiger partial charge is 0.385 e. The van der Waals surface area contributed by atoms with Crippen LogP contribution in [0.1, 0.15) is 26.7 Å². The van der Waals surface area contributed by atoms with Crippen molar-refractivity contribution in [3.05, 3.63) is 35.6 Å². The molecule has 0 unspecified atom stereocenters. The Morgan fingerprint density at radius 3 is 2.92 bits per heavy atom. The lowest BCUT2D eigenvalue weighted by molar-refractivity contribution is 0.678.